The zero-order valence-corrected chi connectivity index (χ0v) is 25.1. The molecule has 0 spiro atoms. The molecular formula is C33H37F3N6O2. The molecule has 6 heterocycles. The van der Waals surface area contributed by atoms with Gasteiger partial charge in [-0.2, -0.15) is 9.97 Å². The number of hydrogen-bond donors (Lipinski definition) is 2. The highest BCUT2D eigenvalue weighted by molar-refractivity contribution is 6.01. The third kappa shape index (κ3) is 4.63. The maximum atomic E-state index is 16.7. The number of aromatic hydroxyl groups is 1. The van der Waals surface area contributed by atoms with Crippen molar-refractivity contribution in [2.75, 3.05) is 44.2 Å². The highest BCUT2D eigenvalue weighted by atomic mass is 19.2. The summed E-state index contributed by atoms with van der Waals surface area (Å²) in [5, 5.41) is 14.5. The molecule has 0 radical (unpaired) electrons. The van der Waals surface area contributed by atoms with Gasteiger partial charge in [-0.05, 0) is 75.2 Å². The Kier molecular flexibility index (Phi) is 7.48. The van der Waals surface area contributed by atoms with Gasteiger partial charge in [-0.15, -0.1) is 0 Å². The Morgan fingerprint density at radius 3 is 2.59 bits per heavy atom. The van der Waals surface area contributed by atoms with Gasteiger partial charge >= 0.3 is 6.01 Å². The van der Waals surface area contributed by atoms with E-state index in [1.165, 1.54) is 18.2 Å². The summed E-state index contributed by atoms with van der Waals surface area (Å²) >= 11 is 0. The van der Waals surface area contributed by atoms with E-state index >= 15 is 8.78 Å². The highest BCUT2D eigenvalue weighted by Crippen LogP contribution is 2.43. The van der Waals surface area contributed by atoms with E-state index in [1.807, 2.05) is 13.8 Å². The van der Waals surface area contributed by atoms with Crippen LogP contribution in [0, 0.1) is 17.5 Å². The third-order valence-corrected chi connectivity index (χ3v) is 9.69. The van der Waals surface area contributed by atoms with Crippen LogP contribution >= 0.6 is 0 Å². The Morgan fingerprint density at radius 1 is 1.00 bits per heavy atom. The molecule has 0 bridgehead atoms. The SMILES string of the molecule is CC.Oc1cc(-c2nc3c4c(nc(OCC56CCCN5CCC6)nc4c2F)N2CCNC[C@H]2CC3)c2c(F)c(F)ccc2c1. The Hall–Kier alpha value is -3.70. The molecule has 232 valence electrons. The van der Waals surface area contributed by atoms with Gasteiger partial charge in [0.25, 0.3) is 0 Å². The molecule has 3 saturated heterocycles. The van der Waals surface area contributed by atoms with E-state index in [4.69, 9.17) is 14.7 Å². The summed E-state index contributed by atoms with van der Waals surface area (Å²) < 4.78 is 52.6. The summed E-state index contributed by atoms with van der Waals surface area (Å²) in [6, 6.07) is 5.12. The Labute approximate surface area is 254 Å². The molecule has 0 unspecified atom stereocenters. The van der Waals surface area contributed by atoms with Crippen LogP contribution in [0.1, 0.15) is 51.6 Å². The first-order chi connectivity index (χ1) is 21.4. The first-order valence-electron chi connectivity index (χ1n) is 15.8. The maximum Gasteiger partial charge on any atom is 0.319 e. The Bertz CT molecular complexity index is 1740. The second kappa shape index (κ2) is 11.3. The van der Waals surface area contributed by atoms with E-state index < -0.39 is 17.5 Å². The van der Waals surface area contributed by atoms with Crippen molar-refractivity contribution < 1.29 is 23.0 Å². The standard InChI is InChI=1S/C31H31F3N6O2.C2H6/c32-21-5-3-17-13-19(41)14-20(23(17)25(21)33)27-26(34)28-24-22(36-27)6-4-18-15-35-9-12-40(18)29(24)38-30(37-28)42-16-31-7-1-10-39(31)11-2-8-31;1-2/h3,5,13-14,18,35,41H,1-2,4,6-12,15-16H2;1-2H3/t18-;/m1./s1. The summed E-state index contributed by atoms with van der Waals surface area (Å²) in [4.78, 5) is 18.9. The number of aromatic nitrogens is 3. The van der Waals surface area contributed by atoms with E-state index in [1.54, 1.807) is 0 Å². The third-order valence-electron chi connectivity index (χ3n) is 9.69. The maximum absolute atomic E-state index is 16.7. The minimum Gasteiger partial charge on any atom is -0.508 e. The summed E-state index contributed by atoms with van der Waals surface area (Å²) in [6.45, 7) is 8.75. The quantitative estimate of drug-likeness (QED) is 0.305. The molecule has 2 N–H and O–H groups in total. The van der Waals surface area contributed by atoms with Crippen LogP contribution in [0.3, 0.4) is 0 Å². The Morgan fingerprint density at radius 2 is 1.80 bits per heavy atom. The fraction of sp³-hybridized carbons (Fsp3) is 0.485. The van der Waals surface area contributed by atoms with Gasteiger partial charge < -0.3 is 20.1 Å². The van der Waals surface area contributed by atoms with Gasteiger partial charge in [0.1, 0.15) is 29.4 Å². The number of pyridine rings is 1. The molecule has 44 heavy (non-hydrogen) atoms. The summed E-state index contributed by atoms with van der Waals surface area (Å²) in [6.07, 6.45) is 5.61. The van der Waals surface area contributed by atoms with Crippen molar-refractivity contribution in [3.05, 3.63) is 47.4 Å². The van der Waals surface area contributed by atoms with Gasteiger partial charge in [-0.3, -0.25) is 4.90 Å². The van der Waals surface area contributed by atoms with Crippen LogP contribution in [0.25, 0.3) is 32.9 Å². The van der Waals surface area contributed by atoms with Crippen LogP contribution in [0.15, 0.2) is 24.3 Å². The number of phenolic OH excluding ortho intramolecular Hbond substituents is 1. The average molecular weight is 607 g/mol. The van der Waals surface area contributed by atoms with Crippen LogP contribution in [0.2, 0.25) is 0 Å². The summed E-state index contributed by atoms with van der Waals surface area (Å²) in [7, 11) is 0. The molecule has 0 amide bonds. The van der Waals surface area contributed by atoms with Crippen LogP contribution in [-0.4, -0.2) is 75.9 Å². The van der Waals surface area contributed by atoms with Crippen molar-refractivity contribution in [3.63, 3.8) is 0 Å². The molecule has 2 aromatic carbocycles. The van der Waals surface area contributed by atoms with E-state index in [9.17, 15) is 9.50 Å². The first kappa shape index (κ1) is 29.0. The van der Waals surface area contributed by atoms with Crippen LogP contribution in [0.4, 0.5) is 19.0 Å². The first-order valence-corrected chi connectivity index (χ1v) is 15.8. The molecule has 11 heteroatoms. The van der Waals surface area contributed by atoms with Crippen molar-refractivity contribution in [2.24, 2.45) is 0 Å². The molecule has 0 saturated carbocycles. The lowest BCUT2D eigenvalue weighted by molar-refractivity contribution is 0.108. The van der Waals surface area contributed by atoms with Gasteiger partial charge in [-0.1, -0.05) is 19.9 Å². The molecular weight excluding hydrogens is 569 g/mol. The number of fused-ring (bicyclic) bond motifs is 4. The zero-order chi connectivity index (χ0) is 30.6. The lowest BCUT2D eigenvalue weighted by Gasteiger charge is -2.36. The lowest BCUT2D eigenvalue weighted by Crippen LogP contribution is -2.51. The summed E-state index contributed by atoms with van der Waals surface area (Å²) in [5.41, 5.74) is 0.360. The van der Waals surface area contributed by atoms with Crippen LogP contribution < -0.4 is 15.0 Å². The number of ether oxygens (including phenoxy) is 1. The molecule has 1 atom stereocenters. The second-order valence-electron chi connectivity index (χ2n) is 12.0. The fourth-order valence-electron chi connectivity index (χ4n) is 7.67. The molecule has 0 aliphatic carbocycles. The molecule has 3 fully saturated rings. The molecule has 8 nitrogen and oxygen atoms in total. The fourth-order valence-corrected chi connectivity index (χ4v) is 7.67. The van der Waals surface area contributed by atoms with Crippen molar-refractivity contribution in [2.45, 2.75) is 64.0 Å². The van der Waals surface area contributed by atoms with E-state index in [2.05, 4.69) is 20.1 Å². The van der Waals surface area contributed by atoms with E-state index in [0.717, 1.165) is 64.3 Å². The minimum atomic E-state index is -1.12. The number of rotatable bonds is 4. The van der Waals surface area contributed by atoms with Gasteiger partial charge in [0.2, 0.25) is 0 Å². The van der Waals surface area contributed by atoms with Crippen LogP contribution in [0.5, 0.6) is 11.8 Å². The minimum absolute atomic E-state index is 0.0321. The topological polar surface area (TPSA) is 86.6 Å². The number of hydrogen-bond acceptors (Lipinski definition) is 8. The molecule has 8 rings (SSSR count). The average Bonchev–Trinajstić information content (AvgIpc) is 3.58. The van der Waals surface area contributed by atoms with Gasteiger partial charge in [0.05, 0.1) is 16.6 Å². The normalized spacial score (nSPS) is 20.7. The van der Waals surface area contributed by atoms with Crippen LogP contribution in [-0.2, 0) is 6.42 Å². The zero-order valence-electron chi connectivity index (χ0n) is 25.1. The smallest absolute Gasteiger partial charge is 0.319 e. The van der Waals surface area contributed by atoms with Crippen molar-refractivity contribution >= 4 is 27.5 Å². The number of benzene rings is 2. The van der Waals surface area contributed by atoms with Crippen molar-refractivity contribution in [1.82, 2.24) is 25.2 Å². The number of nitrogens with one attached hydrogen (secondary N) is 1. The molecule has 4 aromatic rings. The van der Waals surface area contributed by atoms with E-state index in [-0.39, 0.29) is 50.9 Å². The molecule has 2 aromatic heterocycles. The predicted octanol–water partition coefficient (Wildman–Crippen LogP) is 5.73. The predicted molar refractivity (Wildman–Crippen MR) is 164 cm³/mol. The lowest BCUT2D eigenvalue weighted by atomic mass is 9.95. The number of nitrogens with zero attached hydrogens (tertiary/aromatic N) is 5. The van der Waals surface area contributed by atoms with Crippen molar-refractivity contribution in [1.29, 1.82) is 0 Å². The summed E-state index contributed by atoms with van der Waals surface area (Å²) in [5.74, 6) is -2.58. The second-order valence-corrected chi connectivity index (χ2v) is 12.0. The van der Waals surface area contributed by atoms with Gasteiger partial charge in [0, 0.05) is 36.6 Å². The largest absolute Gasteiger partial charge is 0.508 e. The molecule has 4 aliphatic heterocycles. The number of halogens is 3. The molecule has 4 aliphatic rings. The van der Waals surface area contributed by atoms with E-state index in [0.29, 0.717) is 36.5 Å². The number of piperazine rings is 1. The van der Waals surface area contributed by atoms with Crippen molar-refractivity contribution in [3.8, 4) is 23.0 Å². The van der Waals surface area contributed by atoms with Gasteiger partial charge in [0.15, 0.2) is 17.5 Å². The highest BCUT2D eigenvalue weighted by Gasteiger charge is 2.45. The number of anilines is 1. The van der Waals surface area contributed by atoms with Gasteiger partial charge in [-0.25, -0.2) is 18.2 Å². The number of phenols is 1. The Balaban J connectivity index is 0.00000153. The monoisotopic (exact) mass is 606 g/mol. The number of aryl methyl sites for hydroxylation is 1.